The first-order chi connectivity index (χ1) is 47.3. The van der Waals surface area contributed by atoms with Crippen LogP contribution in [0.4, 0.5) is 98.5 Å². The van der Waals surface area contributed by atoms with Crippen molar-refractivity contribution in [1.82, 2.24) is 0 Å². The maximum atomic E-state index is 16.4. The van der Waals surface area contributed by atoms with E-state index >= 15 is 13.2 Å². The molecule has 4 aliphatic rings. The van der Waals surface area contributed by atoms with Gasteiger partial charge in [0.1, 0.15) is 0 Å². The number of halogens is 3. The molecule has 0 unspecified atom stereocenters. The van der Waals surface area contributed by atoms with Gasteiger partial charge in [0.25, 0.3) is 6.71 Å². The van der Waals surface area contributed by atoms with Gasteiger partial charge in [0.05, 0.1) is 16.9 Å². The van der Waals surface area contributed by atoms with Crippen molar-refractivity contribution in [2.75, 3.05) is 24.5 Å². The minimum atomic E-state index is -4.73. The summed E-state index contributed by atoms with van der Waals surface area (Å²) >= 11 is 1.70. The standard InChI is InChI=1S/C85H56B2F3N5S/c88-85(89,90)69-40-19-22-43-74(69)95-77-56-81-73(87-71-42-21-24-45-76(71)94(64-37-17-6-18-38-64)80-53-68(54-82(96-81)84(80)87)91(61-31-11-3-12-32-61)62-33-13-4-14-34-62)55-72(77)86-70-41-20-23-44-75(70)93(63-35-15-5-16-36-63)78-51-67(52-79(95)83(78)86)92(65-48-46-59(47-49-65)57-26-7-1-8-27-57)66-39-25-30-60(50-66)58-28-9-2-10-29-58/h1-56H. The number of fused-ring (bicyclic) bond motifs is 8. The number of hydrogen-bond donors (Lipinski definition) is 0. The zero-order valence-electron chi connectivity index (χ0n) is 51.8. The lowest BCUT2D eigenvalue weighted by atomic mass is 9.31. The Labute approximate surface area is 561 Å². The number of rotatable bonds is 11. The van der Waals surface area contributed by atoms with E-state index in [-0.39, 0.29) is 12.4 Å². The van der Waals surface area contributed by atoms with Gasteiger partial charge in [0, 0.05) is 83.7 Å². The maximum Gasteiger partial charge on any atom is 0.418 e. The molecule has 0 bridgehead atoms. The first-order valence-electron chi connectivity index (χ1n) is 32.4. The summed E-state index contributed by atoms with van der Waals surface area (Å²) in [6.07, 6.45) is -4.73. The topological polar surface area (TPSA) is 16.2 Å². The van der Waals surface area contributed by atoms with Crippen LogP contribution in [-0.2, 0) is 6.18 Å². The first kappa shape index (κ1) is 57.0. The predicted molar refractivity (Wildman–Crippen MR) is 396 cm³/mol. The Morgan fingerprint density at radius 1 is 0.260 bits per heavy atom. The molecule has 4 heterocycles. The molecule has 0 amide bonds. The third-order valence-corrected chi connectivity index (χ3v) is 20.3. The molecule has 5 nitrogen and oxygen atoms in total. The molecule has 0 N–H and O–H groups in total. The Morgan fingerprint density at radius 2 is 0.677 bits per heavy atom. The molecule has 0 atom stereocenters. The third kappa shape index (κ3) is 9.51. The van der Waals surface area contributed by atoms with Crippen molar-refractivity contribution in [3.63, 3.8) is 0 Å². The molecule has 0 aliphatic carbocycles. The fraction of sp³-hybridized carbons (Fsp3) is 0.0118. The molecule has 0 saturated carbocycles. The van der Waals surface area contributed by atoms with Crippen molar-refractivity contribution in [1.29, 1.82) is 0 Å². The number of benzene rings is 14. The summed E-state index contributed by atoms with van der Waals surface area (Å²) in [5.41, 5.74) is 22.6. The maximum absolute atomic E-state index is 16.4. The summed E-state index contributed by atoms with van der Waals surface area (Å²) in [4.78, 5) is 13.3. The second kappa shape index (κ2) is 23.1. The van der Waals surface area contributed by atoms with Crippen molar-refractivity contribution in [3.05, 3.63) is 345 Å². The van der Waals surface area contributed by atoms with Gasteiger partial charge in [-0.15, -0.1) is 0 Å². The second-order valence-corrected chi connectivity index (χ2v) is 25.8. The van der Waals surface area contributed by atoms with E-state index in [1.807, 2.05) is 47.4 Å². The third-order valence-electron chi connectivity index (χ3n) is 19.2. The fourth-order valence-corrected chi connectivity index (χ4v) is 16.4. The van der Waals surface area contributed by atoms with Crippen LogP contribution in [-0.4, -0.2) is 13.4 Å². The van der Waals surface area contributed by atoms with Crippen molar-refractivity contribution in [2.45, 2.75) is 16.0 Å². The van der Waals surface area contributed by atoms with Gasteiger partial charge in [0.2, 0.25) is 6.71 Å². The Kier molecular flexibility index (Phi) is 13.7. The van der Waals surface area contributed by atoms with Crippen LogP contribution in [0.15, 0.2) is 350 Å². The second-order valence-electron chi connectivity index (χ2n) is 24.7. The smallest absolute Gasteiger partial charge is 0.311 e. The van der Waals surface area contributed by atoms with Gasteiger partial charge in [-0.25, -0.2) is 0 Å². The fourth-order valence-electron chi connectivity index (χ4n) is 15.2. The van der Waals surface area contributed by atoms with Crippen LogP contribution >= 0.6 is 11.8 Å². The van der Waals surface area contributed by atoms with Gasteiger partial charge in [-0.1, -0.05) is 230 Å². The van der Waals surface area contributed by atoms with Crippen LogP contribution in [0.3, 0.4) is 0 Å². The Morgan fingerprint density at radius 3 is 1.25 bits per heavy atom. The largest absolute Gasteiger partial charge is 0.418 e. The summed E-state index contributed by atoms with van der Waals surface area (Å²) in [5, 5.41) is 0. The first-order valence-corrected chi connectivity index (χ1v) is 33.2. The Balaban J connectivity index is 0.924. The molecule has 11 heteroatoms. The van der Waals surface area contributed by atoms with Crippen molar-refractivity contribution in [3.8, 4) is 22.3 Å². The van der Waals surface area contributed by atoms with Crippen LogP contribution in [0.2, 0.25) is 0 Å². The average Bonchev–Trinajstić information content (AvgIpc) is 0.691. The summed E-state index contributed by atoms with van der Waals surface area (Å²) in [6.45, 7) is -0.705. The van der Waals surface area contributed by atoms with Gasteiger partial charge in [-0.3, -0.25) is 0 Å². The van der Waals surface area contributed by atoms with E-state index < -0.39 is 18.5 Å². The highest BCUT2D eigenvalue weighted by Crippen LogP contribution is 2.53. The summed E-state index contributed by atoms with van der Waals surface area (Å²) in [5.74, 6) is 0. The van der Waals surface area contributed by atoms with Crippen LogP contribution in [0.25, 0.3) is 22.3 Å². The molecule has 0 spiro atoms. The zero-order valence-corrected chi connectivity index (χ0v) is 52.6. The number of anilines is 15. The zero-order chi connectivity index (χ0) is 64.0. The Hall–Kier alpha value is -11.7. The minimum Gasteiger partial charge on any atom is -0.311 e. The molecule has 454 valence electrons. The normalized spacial score (nSPS) is 13.0. The predicted octanol–water partition coefficient (Wildman–Crippen LogP) is 19.8. The van der Waals surface area contributed by atoms with Gasteiger partial charge in [-0.05, 0) is 177 Å². The molecular weight excluding hydrogens is 1200 g/mol. The molecule has 14 aromatic carbocycles. The van der Waals surface area contributed by atoms with Crippen LogP contribution in [0, 0.1) is 0 Å². The molecular formula is C85H56B2F3N5S. The lowest BCUT2D eigenvalue weighted by molar-refractivity contribution is -0.137. The molecule has 14 aromatic rings. The summed E-state index contributed by atoms with van der Waals surface area (Å²) < 4.78 is 49.3. The van der Waals surface area contributed by atoms with Crippen LogP contribution < -0.4 is 57.3 Å². The van der Waals surface area contributed by atoms with E-state index in [1.54, 1.807) is 23.9 Å². The lowest BCUT2D eigenvalue weighted by Gasteiger charge is -2.46. The van der Waals surface area contributed by atoms with Gasteiger partial charge >= 0.3 is 6.18 Å². The molecule has 0 aromatic heterocycles. The molecule has 0 fully saturated rings. The lowest BCUT2D eigenvalue weighted by Crippen LogP contribution is -2.64. The molecule has 18 rings (SSSR count). The van der Waals surface area contributed by atoms with Crippen molar-refractivity contribution < 1.29 is 13.2 Å². The highest BCUT2D eigenvalue weighted by atomic mass is 32.2. The van der Waals surface area contributed by atoms with E-state index in [4.69, 9.17) is 0 Å². The van der Waals surface area contributed by atoms with Gasteiger partial charge < -0.3 is 24.5 Å². The highest BCUT2D eigenvalue weighted by Gasteiger charge is 2.49. The number of para-hydroxylation sites is 7. The van der Waals surface area contributed by atoms with Gasteiger partial charge in [-0.2, -0.15) is 13.2 Å². The van der Waals surface area contributed by atoms with E-state index in [9.17, 15) is 0 Å². The number of nitrogens with zero attached hydrogens (tertiary/aromatic N) is 5. The van der Waals surface area contributed by atoms with E-state index in [2.05, 4.69) is 293 Å². The molecule has 0 radical (unpaired) electrons. The number of hydrogen-bond acceptors (Lipinski definition) is 6. The van der Waals surface area contributed by atoms with E-state index in [0.29, 0.717) is 11.4 Å². The monoisotopic (exact) mass is 1260 g/mol. The number of alkyl halides is 3. The summed E-state index contributed by atoms with van der Waals surface area (Å²) in [6, 6.07) is 117. The minimum absolute atomic E-state index is 0.0348. The van der Waals surface area contributed by atoms with E-state index in [0.717, 1.165) is 128 Å². The average molecular weight is 1260 g/mol. The quantitative estimate of drug-likeness (QED) is 0.119. The molecule has 0 saturated heterocycles. The van der Waals surface area contributed by atoms with Crippen LogP contribution in [0.1, 0.15) is 5.56 Å². The van der Waals surface area contributed by atoms with Gasteiger partial charge in [0.15, 0.2) is 0 Å². The van der Waals surface area contributed by atoms with E-state index in [1.165, 1.54) is 17.6 Å². The Bertz CT molecular complexity index is 5260. The highest BCUT2D eigenvalue weighted by molar-refractivity contribution is 8.00. The van der Waals surface area contributed by atoms with Crippen molar-refractivity contribution in [2.24, 2.45) is 0 Å². The molecule has 4 aliphatic heterocycles. The van der Waals surface area contributed by atoms with Crippen molar-refractivity contribution >= 4 is 143 Å². The summed E-state index contributed by atoms with van der Waals surface area (Å²) in [7, 11) is 0. The molecule has 96 heavy (non-hydrogen) atoms. The van der Waals surface area contributed by atoms with Crippen LogP contribution in [0.5, 0.6) is 0 Å². The SMILES string of the molecule is FC(F)(F)c1ccccc1N1c2cc3c(cc2B2c4ccccc4N(c4ccccc4)c4cc(N(c5ccc(-c6ccccc6)cc5)c5cccc(-c6ccccc6)c5)cc1c42)B1c2ccccc2N(c2ccccc2)c2cc(N(c4ccccc4)c4ccccc4)cc(c21)S3.